The quantitative estimate of drug-likeness (QED) is 0.677. The Morgan fingerprint density at radius 3 is 2.27 bits per heavy atom. The highest BCUT2D eigenvalue weighted by atomic mass is 32.1. The SMILES string of the molecule is CCOc1cccc(C(=O)NC(=S)Nc2ccc(NC(=O)CC)cc2)c1. The van der Waals surface area contributed by atoms with Gasteiger partial charge in [0, 0.05) is 23.4 Å². The summed E-state index contributed by atoms with van der Waals surface area (Å²) < 4.78 is 5.39. The second-order valence-electron chi connectivity index (χ2n) is 5.35. The van der Waals surface area contributed by atoms with Crippen molar-refractivity contribution in [1.82, 2.24) is 5.32 Å². The Hall–Kier alpha value is -2.93. The molecule has 3 N–H and O–H groups in total. The minimum Gasteiger partial charge on any atom is -0.494 e. The van der Waals surface area contributed by atoms with Gasteiger partial charge in [0.25, 0.3) is 5.91 Å². The fraction of sp³-hybridized carbons (Fsp3) is 0.211. The average Bonchev–Trinajstić information content (AvgIpc) is 2.63. The van der Waals surface area contributed by atoms with Crippen LogP contribution in [0.1, 0.15) is 30.6 Å². The Kier molecular flexibility index (Phi) is 7.11. The molecular weight excluding hydrogens is 350 g/mol. The molecule has 0 spiro atoms. The molecule has 2 aromatic rings. The maximum absolute atomic E-state index is 12.3. The van der Waals surface area contributed by atoms with Gasteiger partial charge in [0.2, 0.25) is 5.91 Å². The summed E-state index contributed by atoms with van der Waals surface area (Å²) >= 11 is 5.17. The fourth-order valence-electron chi connectivity index (χ4n) is 2.12. The van der Waals surface area contributed by atoms with Gasteiger partial charge in [-0.1, -0.05) is 13.0 Å². The van der Waals surface area contributed by atoms with Crippen LogP contribution in [0.5, 0.6) is 5.75 Å². The Labute approximate surface area is 157 Å². The third kappa shape index (κ3) is 5.86. The zero-order chi connectivity index (χ0) is 18.9. The molecule has 2 amide bonds. The molecule has 0 aliphatic carbocycles. The van der Waals surface area contributed by atoms with Gasteiger partial charge >= 0.3 is 0 Å². The van der Waals surface area contributed by atoms with Crippen molar-refractivity contribution in [3.8, 4) is 5.75 Å². The van der Waals surface area contributed by atoms with Crippen molar-refractivity contribution in [3.05, 3.63) is 54.1 Å². The number of benzene rings is 2. The van der Waals surface area contributed by atoms with Crippen molar-refractivity contribution in [2.75, 3.05) is 17.2 Å². The van der Waals surface area contributed by atoms with Gasteiger partial charge in [0.1, 0.15) is 5.75 Å². The average molecular weight is 371 g/mol. The van der Waals surface area contributed by atoms with Gasteiger partial charge in [0.05, 0.1) is 6.61 Å². The van der Waals surface area contributed by atoms with Crippen molar-refractivity contribution in [2.45, 2.75) is 20.3 Å². The highest BCUT2D eigenvalue weighted by Crippen LogP contribution is 2.15. The van der Waals surface area contributed by atoms with E-state index in [9.17, 15) is 9.59 Å². The van der Waals surface area contributed by atoms with Crippen LogP contribution in [0, 0.1) is 0 Å². The van der Waals surface area contributed by atoms with Crippen LogP contribution < -0.4 is 20.7 Å². The zero-order valence-electron chi connectivity index (χ0n) is 14.7. The lowest BCUT2D eigenvalue weighted by Gasteiger charge is -2.11. The van der Waals surface area contributed by atoms with Crippen LogP contribution in [-0.2, 0) is 4.79 Å². The van der Waals surface area contributed by atoms with Crippen molar-refractivity contribution in [2.24, 2.45) is 0 Å². The number of carbonyl (C=O) groups excluding carboxylic acids is 2. The number of rotatable bonds is 6. The van der Waals surface area contributed by atoms with Gasteiger partial charge in [0.15, 0.2) is 5.11 Å². The Morgan fingerprint density at radius 2 is 1.65 bits per heavy atom. The lowest BCUT2D eigenvalue weighted by Crippen LogP contribution is -2.34. The van der Waals surface area contributed by atoms with Crippen molar-refractivity contribution < 1.29 is 14.3 Å². The number of ether oxygens (including phenoxy) is 1. The van der Waals surface area contributed by atoms with E-state index in [1.54, 1.807) is 55.5 Å². The molecule has 136 valence electrons. The number of anilines is 2. The first-order valence-corrected chi connectivity index (χ1v) is 8.67. The topological polar surface area (TPSA) is 79.5 Å². The molecule has 0 atom stereocenters. The molecule has 0 saturated heterocycles. The van der Waals surface area contributed by atoms with Gasteiger partial charge in [-0.05, 0) is 61.6 Å². The summed E-state index contributed by atoms with van der Waals surface area (Å²) in [6.45, 7) is 4.20. The van der Waals surface area contributed by atoms with Crippen LogP contribution in [0.25, 0.3) is 0 Å². The third-order valence-corrected chi connectivity index (χ3v) is 3.59. The van der Waals surface area contributed by atoms with Crippen LogP contribution in [0.2, 0.25) is 0 Å². The predicted octanol–water partition coefficient (Wildman–Crippen LogP) is 3.56. The summed E-state index contributed by atoms with van der Waals surface area (Å²) in [6, 6.07) is 13.9. The summed E-state index contributed by atoms with van der Waals surface area (Å²) in [5.41, 5.74) is 1.86. The molecule has 0 aliphatic heterocycles. The van der Waals surface area contributed by atoms with Crippen LogP contribution in [0.3, 0.4) is 0 Å². The highest BCUT2D eigenvalue weighted by Gasteiger charge is 2.09. The number of thiocarbonyl (C=S) groups is 1. The molecule has 0 fully saturated rings. The summed E-state index contributed by atoms with van der Waals surface area (Å²) in [5.74, 6) is 0.252. The fourth-order valence-corrected chi connectivity index (χ4v) is 2.33. The molecule has 0 bridgehead atoms. The van der Waals surface area contributed by atoms with E-state index >= 15 is 0 Å². The number of carbonyl (C=O) groups is 2. The maximum atomic E-state index is 12.3. The smallest absolute Gasteiger partial charge is 0.257 e. The largest absolute Gasteiger partial charge is 0.494 e. The summed E-state index contributed by atoms with van der Waals surface area (Å²) in [5, 5.41) is 8.50. The van der Waals surface area contributed by atoms with Crippen LogP contribution in [-0.4, -0.2) is 23.5 Å². The molecule has 7 heteroatoms. The minimum absolute atomic E-state index is 0.0530. The van der Waals surface area contributed by atoms with Gasteiger partial charge in [-0.3, -0.25) is 14.9 Å². The maximum Gasteiger partial charge on any atom is 0.257 e. The molecule has 0 aliphatic rings. The number of hydrogen-bond donors (Lipinski definition) is 3. The number of amides is 2. The van der Waals surface area contributed by atoms with Crippen LogP contribution in [0.15, 0.2) is 48.5 Å². The van der Waals surface area contributed by atoms with Crippen molar-refractivity contribution >= 4 is 40.5 Å². The molecule has 0 radical (unpaired) electrons. The Morgan fingerprint density at radius 1 is 1.00 bits per heavy atom. The van der Waals surface area contributed by atoms with Crippen LogP contribution >= 0.6 is 12.2 Å². The number of hydrogen-bond acceptors (Lipinski definition) is 4. The molecule has 6 nitrogen and oxygen atoms in total. The van der Waals surface area contributed by atoms with E-state index in [4.69, 9.17) is 17.0 Å². The van der Waals surface area contributed by atoms with Crippen molar-refractivity contribution in [3.63, 3.8) is 0 Å². The third-order valence-electron chi connectivity index (χ3n) is 3.38. The van der Waals surface area contributed by atoms with E-state index in [1.165, 1.54) is 0 Å². The van der Waals surface area contributed by atoms with E-state index in [-0.39, 0.29) is 16.9 Å². The van der Waals surface area contributed by atoms with E-state index in [0.29, 0.717) is 35.7 Å². The molecule has 2 rings (SSSR count). The van der Waals surface area contributed by atoms with Gasteiger partial charge < -0.3 is 15.4 Å². The summed E-state index contributed by atoms with van der Waals surface area (Å²) in [7, 11) is 0. The van der Waals surface area contributed by atoms with Gasteiger partial charge in [-0.25, -0.2) is 0 Å². The van der Waals surface area contributed by atoms with E-state index in [2.05, 4.69) is 16.0 Å². The first kappa shape index (κ1) is 19.4. The summed E-state index contributed by atoms with van der Waals surface area (Å²) in [6.07, 6.45) is 0.417. The zero-order valence-corrected chi connectivity index (χ0v) is 15.5. The molecule has 0 heterocycles. The molecule has 0 aromatic heterocycles. The molecule has 26 heavy (non-hydrogen) atoms. The molecular formula is C19H21N3O3S. The van der Waals surface area contributed by atoms with E-state index in [1.807, 2.05) is 6.92 Å². The van der Waals surface area contributed by atoms with Gasteiger partial charge in [-0.2, -0.15) is 0 Å². The van der Waals surface area contributed by atoms with E-state index in [0.717, 1.165) is 0 Å². The normalized spacial score (nSPS) is 9.92. The van der Waals surface area contributed by atoms with Crippen LogP contribution in [0.4, 0.5) is 11.4 Å². The highest BCUT2D eigenvalue weighted by molar-refractivity contribution is 7.80. The summed E-state index contributed by atoms with van der Waals surface area (Å²) in [4.78, 5) is 23.6. The number of nitrogens with one attached hydrogen (secondary N) is 3. The van der Waals surface area contributed by atoms with Crippen molar-refractivity contribution in [1.29, 1.82) is 0 Å². The Bertz CT molecular complexity index is 791. The lowest BCUT2D eigenvalue weighted by atomic mass is 10.2. The molecule has 2 aromatic carbocycles. The second kappa shape index (κ2) is 9.53. The van der Waals surface area contributed by atoms with E-state index < -0.39 is 0 Å². The second-order valence-corrected chi connectivity index (χ2v) is 5.76. The monoisotopic (exact) mass is 371 g/mol. The lowest BCUT2D eigenvalue weighted by molar-refractivity contribution is -0.115. The minimum atomic E-state index is -0.323. The first-order valence-electron chi connectivity index (χ1n) is 8.27. The molecule has 0 saturated carbocycles. The standard InChI is InChI=1S/C19H21N3O3S/c1-3-17(23)20-14-8-10-15(11-9-14)21-19(26)22-18(24)13-6-5-7-16(12-13)25-4-2/h5-12H,3-4H2,1-2H3,(H,20,23)(H2,21,22,24,26). The predicted molar refractivity (Wildman–Crippen MR) is 107 cm³/mol. The molecule has 0 unspecified atom stereocenters. The first-order chi connectivity index (χ1) is 12.5. The van der Waals surface area contributed by atoms with Gasteiger partial charge in [-0.15, -0.1) is 0 Å². The Balaban J connectivity index is 1.92.